The summed E-state index contributed by atoms with van der Waals surface area (Å²) in [6.07, 6.45) is 3.10. The first-order chi connectivity index (χ1) is 9.28. The van der Waals surface area contributed by atoms with Crippen molar-refractivity contribution in [1.82, 2.24) is 19.9 Å². The van der Waals surface area contributed by atoms with Crippen molar-refractivity contribution in [3.05, 3.63) is 53.9 Å². The molecule has 0 fully saturated rings. The summed E-state index contributed by atoms with van der Waals surface area (Å²) >= 11 is 0. The van der Waals surface area contributed by atoms with Gasteiger partial charge in [0.15, 0.2) is 0 Å². The van der Waals surface area contributed by atoms with E-state index in [1.807, 2.05) is 25.1 Å². The molecule has 0 aliphatic rings. The molecule has 0 spiro atoms. The number of aromatic nitrogens is 4. The second-order valence-electron chi connectivity index (χ2n) is 4.30. The number of benzene rings is 1. The summed E-state index contributed by atoms with van der Waals surface area (Å²) in [6, 6.07) is 9.82. The second kappa shape index (κ2) is 4.50. The lowest BCUT2D eigenvalue weighted by molar-refractivity contribution is 0.944. The molecule has 5 nitrogen and oxygen atoms in total. The lowest BCUT2D eigenvalue weighted by Gasteiger charge is -2.08. The van der Waals surface area contributed by atoms with Crippen molar-refractivity contribution in [1.29, 1.82) is 5.26 Å². The Morgan fingerprint density at radius 1 is 1.32 bits per heavy atom. The number of imidazole rings is 1. The number of H-pyrrole nitrogens is 1. The molecule has 0 amide bonds. The Morgan fingerprint density at radius 2 is 2.21 bits per heavy atom. The van der Waals surface area contributed by atoms with E-state index >= 15 is 0 Å². The Hall–Kier alpha value is -2.74. The molecule has 2 heterocycles. The normalized spacial score (nSPS) is 12.2. The van der Waals surface area contributed by atoms with Gasteiger partial charge in [0.25, 0.3) is 0 Å². The average molecular weight is 249 g/mol. The summed E-state index contributed by atoms with van der Waals surface area (Å²) in [7, 11) is 0. The van der Waals surface area contributed by atoms with E-state index in [2.05, 4.69) is 26.0 Å². The summed E-state index contributed by atoms with van der Waals surface area (Å²) in [5, 5.41) is 9.37. The summed E-state index contributed by atoms with van der Waals surface area (Å²) < 4.78 is 0. The highest BCUT2D eigenvalue weighted by molar-refractivity contribution is 5.76. The molecule has 5 heteroatoms. The number of aryl methyl sites for hydroxylation is 1. The van der Waals surface area contributed by atoms with Crippen molar-refractivity contribution < 1.29 is 0 Å². The quantitative estimate of drug-likeness (QED) is 0.756. The van der Waals surface area contributed by atoms with E-state index < -0.39 is 5.92 Å². The van der Waals surface area contributed by atoms with Crippen LogP contribution in [0.5, 0.6) is 0 Å². The van der Waals surface area contributed by atoms with Gasteiger partial charge in [0, 0.05) is 6.20 Å². The van der Waals surface area contributed by atoms with Crippen molar-refractivity contribution in [2.75, 3.05) is 0 Å². The Balaban J connectivity index is 2.09. The van der Waals surface area contributed by atoms with Crippen molar-refractivity contribution in [3.8, 4) is 6.07 Å². The summed E-state index contributed by atoms with van der Waals surface area (Å²) in [6.45, 7) is 1.91. The van der Waals surface area contributed by atoms with Gasteiger partial charge >= 0.3 is 0 Å². The molecular formula is C14H11N5. The van der Waals surface area contributed by atoms with Gasteiger partial charge in [-0.3, -0.25) is 0 Å². The molecule has 1 atom stereocenters. The van der Waals surface area contributed by atoms with E-state index in [0.717, 1.165) is 22.4 Å². The van der Waals surface area contributed by atoms with E-state index in [4.69, 9.17) is 0 Å². The molecule has 3 rings (SSSR count). The zero-order chi connectivity index (χ0) is 13.2. The van der Waals surface area contributed by atoms with Crippen LogP contribution < -0.4 is 0 Å². The first kappa shape index (κ1) is 11.4. The van der Waals surface area contributed by atoms with Crippen molar-refractivity contribution in [3.63, 3.8) is 0 Å². The minimum absolute atomic E-state index is 0.393. The maximum Gasteiger partial charge on any atom is 0.115 e. The highest BCUT2D eigenvalue weighted by Gasteiger charge is 2.15. The highest BCUT2D eigenvalue weighted by atomic mass is 14.9. The van der Waals surface area contributed by atoms with Gasteiger partial charge in [-0.1, -0.05) is 6.07 Å². The summed E-state index contributed by atoms with van der Waals surface area (Å²) in [4.78, 5) is 15.5. The SMILES string of the molecule is Cc1nc2ccc(C(C#N)c3ccncn3)cc2[nH]1. The van der Waals surface area contributed by atoms with Crippen LogP contribution in [0.25, 0.3) is 11.0 Å². The monoisotopic (exact) mass is 249 g/mol. The Bertz CT molecular complexity index is 754. The molecule has 0 radical (unpaired) electrons. The topological polar surface area (TPSA) is 78.2 Å². The molecule has 3 aromatic rings. The first-order valence-corrected chi connectivity index (χ1v) is 5.90. The molecule has 0 bridgehead atoms. The lowest BCUT2D eigenvalue weighted by atomic mass is 9.96. The fourth-order valence-electron chi connectivity index (χ4n) is 2.12. The second-order valence-corrected chi connectivity index (χ2v) is 4.30. The smallest absolute Gasteiger partial charge is 0.115 e. The third-order valence-corrected chi connectivity index (χ3v) is 2.99. The summed E-state index contributed by atoms with van der Waals surface area (Å²) in [5.74, 6) is 0.471. The number of nitriles is 1. The molecular weight excluding hydrogens is 238 g/mol. The number of aromatic amines is 1. The van der Waals surface area contributed by atoms with Crippen LogP contribution in [0.15, 0.2) is 36.8 Å². The Morgan fingerprint density at radius 3 is 2.95 bits per heavy atom. The van der Waals surface area contributed by atoms with Crippen LogP contribution in [-0.4, -0.2) is 19.9 Å². The molecule has 19 heavy (non-hydrogen) atoms. The van der Waals surface area contributed by atoms with Gasteiger partial charge in [0.2, 0.25) is 0 Å². The van der Waals surface area contributed by atoms with E-state index in [-0.39, 0.29) is 0 Å². The zero-order valence-electron chi connectivity index (χ0n) is 10.3. The van der Waals surface area contributed by atoms with E-state index in [1.165, 1.54) is 6.33 Å². The van der Waals surface area contributed by atoms with E-state index in [0.29, 0.717) is 5.69 Å². The number of fused-ring (bicyclic) bond motifs is 1. The maximum atomic E-state index is 9.37. The molecule has 1 unspecified atom stereocenters. The van der Waals surface area contributed by atoms with E-state index in [9.17, 15) is 5.26 Å². The fraction of sp³-hybridized carbons (Fsp3) is 0.143. The number of nitrogens with zero attached hydrogens (tertiary/aromatic N) is 4. The van der Waals surface area contributed by atoms with Gasteiger partial charge in [-0.05, 0) is 30.7 Å². The molecule has 0 aliphatic heterocycles. The first-order valence-electron chi connectivity index (χ1n) is 5.90. The number of rotatable bonds is 2. The van der Waals surface area contributed by atoms with E-state index in [1.54, 1.807) is 12.3 Å². The van der Waals surface area contributed by atoms with Crippen LogP contribution in [0.4, 0.5) is 0 Å². The maximum absolute atomic E-state index is 9.37. The third kappa shape index (κ3) is 2.04. The van der Waals surface area contributed by atoms with Crippen molar-refractivity contribution >= 4 is 11.0 Å². The molecule has 92 valence electrons. The van der Waals surface area contributed by atoms with Crippen LogP contribution in [0.3, 0.4) is 0 Å². The lowest BCUT2D eigenvalue weighted by Crippen LogP contribution is -2.01. The van der Waals surface area contributed by atoms with Gasteiger partial charge in [-0.15, -0.1) is 0 Å². The predicted molar refractivity (Wildman–Crippen MR) is 70.3 cm³/mol. The molecule has 2 aromatic heterocycles. The average Bonchev–Trinajstić information content (AvgIpc) is 2.80. The number of nitrogens with one attached hydrogen (secondary N) is 1. The minimum atomic E-state index is -0.393. The van der Waals surface area contributed by atoms with Crippen LogP contribution >= 0.6 is 0 Å². The Labute approximate surface area is 110 Å². The van der Waals surface area contributed by atoms with Gasteiger partial charge in [0.05, 0.1) is 22.8 Å². The Kier molecular flexibility index (Phi) is 2.69. The van der Waals surface area contributed by atoms with Crippen molar-refractivity contribution in [2.45, 2.75) is 12.8 Å². The molecule has 0 aliphatic carbocycles. The van der Waals surface area contributed by atoms with Gasteiger partial charge < -0.3 is 4.98 Å². The van der Waals surface area contributed by atoms with Gasteiger partial charge in [-0.25, -0.2) is 15.0 Å². The number of hydrogen-bond acceptors (Lipinski definition) is 4. The predicted octanol–water partition coefficient (Wildman–Crippen LogP) is 2.32. The fourth-order valence-corrected chi connectivity index (χ4v) is 2.12. The molecule has 1 N–H and O–H groups in total. The molecule has 0 saturated carbocycles. The van der Waals surface area contributed by atoms with Crippen molar-refractivity contribution in [2.24, 2.45) is 0 Å². The summed E-state index contributed by atoms with van der Waals surface area (Å²) in [5.41, 5.74) is 3.44. The van der Waals surface area contributed by atoms with Crippen LogP contribution in [-0.2, 0) is 0 Å². The molecule has 1 aromatic carbocycles. The standard InChI is InChI=1S/C14H11N5/c1-9-18-13-3-2-10(6-14(13)19-9)11(7-15)12-4-5-16-8-17-12/h2-6,8,11H,1H3,(H,18,19). The minimum Gasteiger partial charge on any atom is -0.342 e. The van der Waals surface area contributed by atoms with Crippen LogP contribution in [0, 0.1) is 18.3 Å². The van der Waals surface area contributed by atoms with Gasteiger partial charge in [0.1, 0.15) is 18.1 Å². The van der Waals surface area contributed by atoms with Crippen LogP contribution in [0.2, 0.25) is 0 Å². The third-order valence-electron chi connectivity index (χ3n) is 2.99. The molecule has 0 saturated heterocycles. The highest BCUT2D eigenvalue weighted by Crippen LogP contribution is 2.24. The largest absolute Gasteiger partial charge is 0.342 e. The van der Waals surface area contributed by atoms with Crippen LogP contribution in [0.1, 0.15) is 23.0 Å². The number of hydrogen-bond donors (Lipinski definition) is 1. The van der Waals surface area contributed by atoms with Gasteiger partial charge in [-0.2, -0.15) is 5.26 Å². The zero-order valence-corrected chi connectivity index (χ0v) is 10.3.